The van der Waals surface area contributed by atoms with E-state index in [1.807, 2.05) is 25.1 Å². The number of hydrogen-bond acceptors (Lipinski definition) is 1. The lowest BCUT2D eigenvalue weighted by molar-refractivity contribution is 0.0907. The number of benzene rings is 1. The van der Waals surface area contributed by atoms with Gasteiger partial charge in [0, 0.05) is 16.0 Å². The minimum atomic E-state index is 0.255. The Labute approximate surface area is 112 Å². The molecule has 2 rings (SSSR count). The quantitative estimate of drug-likeness (QED) is 0.559. The van der Waals surface area contributed by atoms with Gasteiger partial charge >= 0.3 is 0 Å². The van der Waals surface area contributed by atoms with Crippen molar-refractivity contribution in [3.8, 4) is 0 Å². The summed E-state index contributed by atoms with van der Waals surface area (Å²) in [5.74, 6) is 0.608. The SMILES string of the molecule is Cc1c(Br)cccc1C(=O)C1CCCCCC1. The highest BCUT2D eigenvalue weighted by atomic mass is 79.9. The Morgan fingerprint density at radius 2 is 1.82 bits per heavy atom. The molecular weight excluding hydrogens is 276 g/mol. The molecule has 0 saturated heterocycles. The third-order valence-electron chi connectivity index (χ3n) is 3.76. The van der Waals surface area contributed by atoms with Crippen molar-refractivity contribution in [1.29, 1.82) is 0 Å². The predicted molar refractivity (Wildman–Crippen MR) is 74.4 cm³/mol. The molecule has 0 aromatic heterocycles. The molecule has 1 aliphatic rings. The van der Waals surface area contributed by atoms with Crippen LogP contribution >= 0.6 is 15.9 Å². The highest BCUT2D eigenvalue weighted by molar-refractivity contribution is 9.10. The first-order valence-corrected chi connectivity index (χ1v) is 7.29. The van der Waals surface area contributed by atoms with Crippen LogP contribution in [0, 0.1) is 12.8 Å². The van der Waals surface area contributed by atoms with Crippen LogP contribution in [0.1, 0.15) is 54.4 Å². The molecule has 2 heteroatoms. The standard InChI is InChI=1S/C15H19BrO/c1-11-13(9-6-10-14(11)16)15(17)12-7-4-2-3-5-8-12/h6,9-10,12H,2-5,7-8H2,1H3. The molecule has 17 heavy (non-hydrogen) atoms. The maximum atomic E-state index is 12.5. The summed E-state index contributed by atoms with van der Waals surface area (Å²) in [5, 5.41) is 0. The number of hydrogen-bond donors (Lipinski definition) is 0. The van der Waals surface area contributed by atoms with Crippen molar-refractivity contribution in [2.24, 2.45) is 5.92 Å². The molecule has 0 aliphatic heterocycles. The van der Waals surface area contributed by atoms with Crippen molar-refractivity contribution in [3.63, 3.8) is 0 Å². The molecule has 1 aromatic rings. The Hall–Kier alpha value is -0.630. The molecule has 1 aromatic carbocycles. The molecule has 0 spiro atoms. The van der Waals surface area contributed by atoms with Gasteiger partial charge in [0.15, 0.2) is 5.78 Å². The number of carbonyl (C=O) groups is 1. The van der Waals surface area contributed by atoms with Crippen molar-refractivity contribution in [2.45, 2.75) is 45.4 Å². The average molecular weight is 295 g/mol. The van der Waals surface area contributed by atoms with Gasteiger partial charge in [-0.2, -0.15) is 0 Å². The van der Waals surface area contributed by atoms with E-state index in [4.69, 9.17) is 0 Å². The lowest BCUT2D eigenvalue weighted by Gasteiger charge is -2.14. The van der Waals surface area contributed by atoms with Gasteiger partial charge < -0.3 is 0 Å². The second-order valence-electron chi connectivity index (χ2n) is 4.97. The first kappa shape index (κ1) is 12.8. The number of ketones is 1. The van der Waals surface area contributed by atoms with Gasteiger partial charge in [-0.15, -0.1) is 0 Å². The number of Topliss-reactive ketones (excluding diaryl/α,β-unsaturated/α-hetero) is 1. The van der Waals surface area contributed by atoms with Gasteiger partial charge in [-0.25, -0.2) is 0 Å². The number of rotatable bonds is 2. The Bertz CT molecular complexity index is 403. The fourth-order valence-corrected chi connectivity index (χ4v) is 3.00. The van der Waals surface area contributed by atoms with E-state index in [-0.39, 0.29) is 5.92 Å². The van der Waals surface area contributed by atoms with Crippen LogP contribution in [-0.2, 0) is 0 Å². The van der Waals surface area contributed by atoms with Crippen LogP contribution in [0.3, 0.4) is 0 Å². The summed E-state index contributed by atoms with van der Waals surface area (Å²) in [6.07, 6.45) is 7.16. The van der Waals surface area contributed by atoms with Crippen molar-refractivity contribution in [1.82, 2.24) is 0 Å². The Balaban J connectivity index is 2.20. The van der Waals surface area contributed by atoms with Gasteiger partial charge in [0.1, 0.15) is 0 Å². The van der Waals surface area contributed by atoms with Crippen molar-refractivity contribution in [3.05, 3.63) is 33.8 Å². The molecule has 0 radical (unpaired) electrons. The van der Waals surface area contributed by atoms with Crippen LogP contribution in [0.25, 0.3) is 0 Å². The molecule has 1 nitrogen and oxygen atoms in total. The molecule has 0 N–H and O–H groups in total. The number of halogens is 1. The molecule has 0 amide bonds. The summed E-state index contributed by atoms with van der Waals surface area (Å²) < 4.78 is 1.04. The number of carbonyl (C=O) groups excluding carboxylic acids is 1. The molecule has 0 heterocycles. The van der Waals surface area contributed by atoms with E-state index >= 15 is 0 Å². The summed E-state index contributed by atoms with van der Waals surface area (Å²) in [4.78, 5) is 12.5. The third-order valence-corrected chi connectivity index (χ3v) is 4.62. The van der Waals surface area contributed by atoms with E-state index < -0.39 is 0 Å². The Morgan fingerprint density at radius 1 is 1.18 bits per heavy atom. The zero-order valence-corrected chi connectivity index (χ0v) is 11.9. The maximum Gasteiger partial charge on any atom is 0.166 e. The molecule has 1 aliphatic carbocycles. The monoisotopic (exact) mass is 294 g/mol. The van der Waals surface area contributed by atoms with E-state index in [0.29, 0.717) is 5.78 Å². The van der Waals surface area contributed by atoms with Crippen LogP contribution in [0.15, 0.2) is 22.7 Å². The minimum Gasteiger partial charge on any atom is -0.294 e. The van der Waals surface area contributed by atoms with Gasteiger partial charge in [0.05, 0.1) is 0 Å². The van der Waals surface area contributed by atoms with Crippen LogP contribution in [-0.4, -0.2) is 5.78 Å². The summed E-state index contributed by atoms with van der Waals surface area (Å²) in [7, 11) is 0. The predicted octanol–water partition coefficient (Wildman–Crippen LogP) is 4.91. The van der Waals surface area contributed by atoms with Crippen LogP contribution < -0.4 is 0 Å². The maximum absolute atomic E-state index is 12.5. The van der Waals surface area contributed by atoms with E-state index in [9.17, 15) is 4.79 Å². The largest absolute Gasteiger partial charge is 0.294 e. The second kappa shape index (κ2) is 5.81. The zero-order chi connectivity index (χ0) is 12.3. The summed E-state index contributed by atoms with van der Waals surface area (Å²) in [6, 6.07) is 5.92. The second-order valence-corrected chi connectivity index (χ2v) is 5.82. The van der Waals surface area contributed by atoms with Gasteiger partial charge in [-0.05, 0) is 31.4 Å². The molecule has 0 unspecified atom stereocenters. The third kappa shape index (κ3) is 2.98. The molecule has 0 bridgehead atoms. The molecule has 1 saturated carbocycles. The van der Waals surface area contributed by atoms with Crippen LogP contribution in [0.5, 0.6) is 0 Å². The van der Waals surface area contributed by atoms with Crippen LogP contribution in [0.4, 0.5) is 0 Å². The fraction of sp³-hybridized carbons (Fsp3) is 0.533. The lowest BCUT2D eigenvalue weighted by atomic mass is 9.89. The average Bonchev–Trinajstić information content (AvgIpc) is 2.60. The zero-order valence-electron chi connectivity index (χ0n) is 10.3. The summed E-state index contributed by atoms with van der Waals surface area (Å²) in [6.45, 7) is 2.02. The molecule has 0 atom stereocenters. The van der Waals surface area contributed by atoms with Gasteiger partial charge in [0.2, 0.25) is 0 Å². The molecular formula is C15H19BrO. The fourth-order valence-electron chi connectivity index (χ4n) is 2.64. The highest BCUT2D eigenvalue weighted by Gasteiger charge is 2.22. The van der Waals surface area contributed by atoms with Gasteiger partial charge in [-0.1, -0.05) is 53.7 Å². The molecule has 92 valence electrons. The van der Waals surface area contributed by atoms with E-state index in [2.05, 4.69) is 15.9 Å². The Morgan fingerprint density at radius 3 is 2.47 bits per heavy atom. The Kier molecular flexibility index (Phi) is 4.38. The van der Waals surface area contributed by atoms with Crippen molar-refractivity contribution in [2.75, 3.05) is 0 Å². The van der Waals surface area contributed by atoms with Gasteiger partial charge in [-0.3, -0.25) is 4.79 Å². The first-order valence-electron chi connectivity index (χ1n) is 6.49. The highest BCUT2D eigenvalue weighted by Crippen LogP contribution is 2.28. The lowest BCUT2D eigenvalue weighted by Crippen LogP contribution is -2.15. The smallest absolute Gasteiger partial charge is 0.166 e. The van der Waals surface area contributed by atoms with E-state index in [0.717, 1.165) is 28.4 Å². The topological polar surface area (TPSA) is 17.1 Å². The van der Waals surface area contributed by atoms with Gasteiger partial charge in [0.25, 0.3) is 0 Å². The summed E-state index contributed by atoms with van der Waals surface area (Å²) >= 11 is 3.50. The van der Waals surface area contributed by atoms with Crippen molar-refractivity contribution < 1.29 is 4.79 Å². The van der Waals surface area contributed by atoms with E-state index in [1.54, 1.807) is 0 Å². The van der Waals surface area contributed by atoms with E-state index in [1.165, 1.54) is 25.7 Å². The van der Waals surface area contributed by atoms with Crippen LogP contribution in [0.2, 0.25) is 0 Å². The van der Waals surface area contributed by atoms with Crippen molar-refractivity contribution >= 4 is 21.7 Å². The molecule has 1 fully saturated rings. The first-order chi connectivity index (χ1) is 8.20. The minimum absolute atomic E-state index is 0.255. The summed E-state index contributed by atoms with van der Waals surface area (Å²) in [5.41, 5.74) is 1.99. The normalized spacial score (nSPS) is 17.8.